The van der Waals surface area contributed by atoms with Crippen LogP contribution in [-0.2, 0) is 9.47 Å². The fourth-order valence-electron chi connectivity index (χ4n) is 1.16. The van der Waals surface area contributed by atoms with Crippen molar-refractivity contribution in [3.05, 3.63) is 24.0 Å². The molecule has 0 radical (unpaired) electrons. The molecule has 3 N–H and O–H groups in total. The molecule has 0 aliphatic heterocycles. The molecule has 0 saturated carbocycles. The number of aromatic nitrogens is 1. The molecule has 7 heteroatoms. The summed E-state index contributed by atoms with van der Waals surface area (Å²) in [5, 5.41) is 11.4. The normalized spacial score (nSPS) is 11.5. The van der Waals surface area contributed by atoms with E-state index < -0.39 is 0 Å². The third-order valence-electron chi connectivity index (χ3n) is 2.03. The molecule has 0 aromatic carbocycles. The molecule has 1 rings (SSSR count). The number of oxime groups is 1. The molecule has 0 spiro atoms. The van der Waals surface area contributed by atoms with Crippen LogP contribution in [-0.4, -0.2) is 49.6 Å². The molecular weight excluding hydrogens is 238 g/mol. The lowest BCUT2D eigenvalue weighted by atomic mass is 10.3. The summed E-state index contributed by atoms with van der Waals surface area (Å²) in [6.07, 6.45) is 1.52. The van der Waals surface area contributed by atoms with Crippen molar-refractivity contribution in [1.29, 1.82) is 0 Å². The number of nitrogens with two attached hydrogens (primary N) is 1. The van der Waals surface area contributed by atoms with Crippen molar-refractivity contribution in [3.8, 4) is 5.75 Å². The van der Waals surface area contributed by atoms with Crippen LogP contribution in [0.15, 0.2) is 23.5 Å². The van der Waals surface area contributed by atoms with Crippen molar-refractivity contribution < 1.29 is 19.4 Å². The fourth-order valence-corrected chi connectivity index (χ4v) is 1.16. The summed E-state index contributed by atoms with van der Waals surface area (Å²) in [4.78, 5) is 3.94. The predicted octanol–water partition coefficient (Wildman–Crippen LogP) is 0.218. The largest absolute Gasteiger partial charge is 0.491 e. The zero-order valence-electron chi connectivity index (χ0n) is 10.2. The van der Waals surface area contributed by atoms with E-state index in [9.17, 15) is 0 Å². The van der Waals surface area contributed by atoms with E-state index >= 15 is 0 Å². The zero-order chi connectivity index (χ0) is 13.2. The standard InChI is InChI=1S/C11H17N3O4/c1-16-4-5-17-6-7-18-9-2-3-13-10(8-9)11(12)14-15/h2-3,8,15H,4-7H2,1H3,(H2,12,14). The Bertz CT molecular complexity index is 384. The van der Waals surface area contributed by atoms with Gasteiger partial charge < -0.3 is 25.2 Å². The van der Waals surface area contributed by atoms with Crippen LogP contribution in [0.1, 0.15) is 5.69 Å². The van der Waals surface area contributed by atoms with Crippen molar-refractivity contribution in [2.45, 2.75) is 0 Å². The van der Waals surface area contributed by atoms with Gasteiger partial charge in [-0.2, -0.15) is 0 Å². The molecular formula is C11H17N3O4. The minimum Gasteiger partial charge on any atom is -0.491 e. The number of methoxy groups -OCH3 is 1. The molecule has 0 fully saturated rings. The Labute approximate surface area is 105 Å². The number of pyridine rings is 1. The van der Waals surface area contributed by atoms with Gasteiger partial charge in [0.25, 0.3) is 0 Å². The summed E-state index contributed by atoms with van der Waals surface area (Å²) >= 11 is 0. The highest BCUT2D eigenvalue weighted by molar-refractivity contribution is 5.95. The summed E-state index contributed by atoms with van der Waals surface area (Å²) in [5.41, 5.74) is 5.77. The predicted molar refractivity (Wildman–Crippen MR) is 64.9 cm³/mol. The van der Waals surface area contributed by atoms with E-state index in [4.69, 9.17) is 25.2 Å². The molecule has 18 heavy (non-hydrogen) atoms. The number of rotatable bonds is 8. The summed E-state index contributed by atoms with van der Waals surface area (Å²) in [5.74, 6) is 0.527. The second kappa shape index (κ2) is 8.26. The van der Waals surface area contributed by atoms with Crippen molar-refractivity contribution in [2.75, 3.05) is 33.5 Å². The fraction of sp³-hybridized carbons (Fsp3) is 0.455. The van der Waals surface area contributed by atoms with Gasteiger partial charge in [-0.3, -0.25) is 4.98 Å². The lowest BCUT2D eigenvalue weighted by Crippen LogP contribution is -2.15. The Morgan fingerprint density at radius 1 is 1.39 bits per heavy atom. The first-order chi connectivity index (χ1) is 8.77. The molecule has 0 aliphatic carbocycles. The Balaban J connectivity index is 2.34. The van der Waals surface area contributed by atoms with Gasteiger partial charge in [0, 0.05) is 19.4 Å². The summed E-state index contributed by atoms with van der Waals surface area (Å²) in [6, 6.07) is 3.27. The first kappa shape index (κ1) is 14.2. The average Bonchev–Trinajstić information content (AvgIpc) is 2.42. The summed E-state index contributed by atoms with van der Waals surface area (Å²) in [6.45, 7) is 1.96. The molecule has 7 nitrogen and oxygen atoms in total. The molecule has 0 aliphatic rings. The van der Waals surface area contributed by atoms with E-state index in [2.05, 4.69) is 10.1 Å². The second-order valence-corrected chi connectivity index (χ2v) is 3.32. The highest BCUT2D eigenvalue weighted by Gasteiger charge is 2.02. The monoisotopic (exact) mass is 255 g/mol. The van der Waals surface area contributed by atoms with E-state index in [0.29, 0.717) is 37.9 Å². The maximum Gasteiger partial charge on any atom is 0.188 e. The number of nitrogens with zero attached hydrogens (tertiary/aromatic N) is 2. The van der Waals surface area contributed by atoms with Crippen molar-refractivity contribution >= 4 is 5.84 Å². The number of hydrogen-bond donors (Lipinski definition) is 2. The Morgan fingerprint density at radius 2 is 2.17 bits per heavy atom. The molecule has 0 amide bonds. The van der Waals surface area contributed by atoms with Crippen LogP contribution in [0.2, 0.25) is 0 Å². The smallest absolute Gasteiger partial charge is 0.188 e. The van der Waals surface area contributed by atoms with Crippen LogP contribution in [0.4, 0.5) is 0 Å². The minimum absolute atomic E-state index is 0.0585. The van der Waals surface area contributed by atoms with Crippen molar-refractivity contribution in [3.63, 3.8) is 0 Å². The van der Waals surface area contributed by atoms with E-state index in [1.165, 1.54) is 6.20 Å². The van der Waals surface area contributed by atoms with Crippen LogP contribution in [0.25, 0.3) is 0 Å². The van der Waals surface area contributed by atoms with Gasteiger partial charge in [0.15, 0.2) is 5.84 Å². The van der Waals surface area contributed by atoms with Gasteiger partial charge in [-0.15, -0.1) is 0 Å². The molecule has 100 valence electrons. The number of amidine groups is 1. The lowest BCUT2D eigenvalue weighted by Gasteiger charge is -2.07. The zero-order valence-corrected chi connectivity index (χ0v) is 10.2. The van der Waals surface area contributed by atoms with Crippen molar-refractivity contribution in [2.24, 2.45) is 10.9 Å². The highest BCUT2D eigenvalue weighted by Crippen LogP contribution is 2.10. The molecule has 1 aromatic heterocycles. The van der Waals surface area contributed by atoms with Crippen LogP contribution in [0.5, 0.6) is 5.75 Å². The van der Waals surface area contributed by atoms with E-state index in [1.807, 2.05) is 0 Å². The topological polar surface area (TPSA) is 99.2 Å². The van der Waals surface area contributed by atoms with Crippen LogP contribution >= 0.6 is 0 Å². The van der Waals surface area contributed by atoms with E-state index in [1.54, 1.807) is 19.2 Å². The minimum atomic E-state index is -0.0585. The quantitative estimate of drug-likeness (QED) is 0.226. The number of hydrogen-bond acceptors (Lipinski definition) is 6. The van der Waals surface area contributed by atoms with Gasteiger partial charge in [-0.25, -0.2) is 0 Å². The summed E-state index contributed by atoms with van der Waals surface area (Å²) in [7, 11) is 1.62. The number of ether oxygens (including phenoxy) is 3. The first-order valence-corrected chi connectivity index (χ1v) is 5.41. The molecule has 1 heterocycles. The Hall–Kier alpha value is -1.86. The molecule has 1 aromatic rings. The van der Waals surface area contributed by atoms with Crippen LogP contribution in [0.3, 0.4) is 0 Å². The van der Waals surface area contributed by atoms with E-state index in [0.717, 1.165) is 0 Å². The second-order valence-electron chi connectivity index (χ2n) is 3.32. The summed E-state index contributed by atoms with van der Waals surface area (Å²) < 4.78 is 15.5. The van der Waals surface area contributed by atoms with E-state index in [-0.39, 0.29) is 5.84 Å². The van der Waals surface area contributed by atoms with Gasteiger partial charge in [0.05, 0.1) is 19.8 Å². The molecule has 0 saturated heterocycles. The Morgan fingerprint density at radius 3 is 2.89 bits per heavy atom. The maximum atomic E-state index is 8.53. The average molecular weight is 255 g/mol. The highest BCUT2D eigenvalue weighted by atomic mass is 16.5. The SMILES string of the molecule is COCCOCCOc1ccnc(/C(N)=N/O)c1. The first-order valence-electron chi connectivity index (χ1n) is 5.41. The van der Waals surface area contributed by atoms with Gasteiger partial charge in [0.2, 0.25) is 0 Å². The third-order valence-corrected chi connectivity index (χ3v) is 2.03. The maximum absolute atomic E-state index is 8.53. The van der Waals surface area contributed by atoms with Crippen molar-refractivity contribution in [1.82, 2.24) is 4.98 Å². The third kappa shape index (κ3) is 4.98. The molecule has 0 atom stereocenters. The molecule has 0 unspecified atom stereocenters. The van der Waals surface area contributed by atoms with Gasteiger partial charge >= 0.3 is 0 Å². The Kier molecular flexibility index (Phi) is 6.52. The molecule has 0 bridgehead atoms. The van der Waals surface area contributed by atoms with Crippen LogP contribution in [0, 0.1) is 0 Å². The van der Waals surface area contributed by atoms with Gasteiger partial charge in [0.1, 0.15) is 18.1 Å². The van der Waals surface area contributed by atoms with Crippen LogP contribution < -0.4 is 10.5 Å². The van der Waals surface area contributed by atoms with Gasteiger partial charge in [-0.05, 0) is 6.07 Å². The van der Waals surface area contributed by atoms with Gasteiger partial charge in [-0.1, -0.05) is 5.16 Å². The lowest BCUT2D eigenvalue weighted by molar-refractivity contribution is 0.0544.